The monoisotopic (exact) mass is 601 g/mol. The van der Waals surface area contributed by atoms with Gasteiger partial charge in [-0.05, 0) is 72.4 Å². The van der Waals surface area contributed by atoms with Gasteiger partial charge in [-0.1, -0.05) is 76.0 Å². The summed E-state index contributed by atoms with van der Waals surface area (Å²) in [5.41, 5.74) is 10.1. The Bertz CT molecular complexity index is 1270. The number of halogens is 2. The van der Waals surface area contributed by atoms with Crippen molar-refractivity contribution < 1.29 is 9.59 Å². The summed E-state index contributed by atoms with van der Waals surface area (Å²) < 4.78 is 0. The van der Waals surface area contributed by atoms with Crippen LogP contribution in [0.5, 0.6) is 0 Å². The number of nitrogens with one attached hydrogen (secondary N) is 4. The van der Waals surface area contributed by atoms with Gasteiger partial charge >= 0.3 is 6.03 Å². The van der Waals surface area contributed by atoms with E-state index in [2.05, 4.69) is 52.6 Å². The number of guanidine groups is 1. The van der Waals surface area contributed by atoms with Gasteiger partial charge in [-0.15, -0.1) is 10.6 Å². The van der Waals surface area contributed by atoms with E-state index in [-0.39, 0.29) is 22.9 Å². The molecule has 222 valence electrons. The molecule has 1 saturated carbocycles. The van der Waals surface area contributed by atoms with Gasteiger partial charge in [0.25, 0.3) is 5.91 Å². The van der Waals surface area contributed by atoms with Crippen LogP contribution in [0.2, 0.25) is 10.0 Å². The van der Waals surface area contributed by atoms with Gasteiger partial charge in [0.2, 0.25) is 5.96 Å². The highest BCUT2D eigenvalue weighted by molar-refractivity contribution is 6.35. The largest absolute Gasteiger partial charge is 0.321 e. The number of rotatable bonds is 5. The lowest BCUT2D eigenvalue weighted by atomic mass is 9.67. The molecule has 0 radical (unpaired) electrons. The molecule has 9 nitrogen and oxygen atoms in total. The fourth-order valence-electron chi connectivity index (χ4n) is 5.93. The summed E-state index contributed by atoms with van der Waals surface area (Å²) in [5.74, 6) is 0.640. The predicted octanol–water partition coefficient (Wildman–Crippen LogP) is 6.05. The molecule has 11 heteroatoms. The van der Waals surface area contributed by atoms with Crippen LogP contribution >= 0.6 is 23.2 Å². The van der Waals surface area contributed by atoms with Gasteiger partial charge in [0, 0.05) is 35.2 Å². The highest BCUT2D eigenvalue weighted by Crippen LogP contribution is 2.47. The second kappa shape index (κ2) is 12.9. The summed E-state index contributed by atoms with van der Waals surface area (Å²) in [6, 6.07) is 12.8. The number of hydrogen-bond donors (Lipinski definition) is 4. The van der Waals surface area contributed by atoms with Gasteiger partial charge < -0.3 is 9.80 Å². The van der Waals surface area contributed by atoms with Crippen LogP contribution in [0.25, 0.3) is 0 Å². The maximum Gasteiger partial charge on any atom is 0.321 e. The maximum atomic E-state index is 13.9. The SMILES string of the molecule is CC.CC(C)(C)C1CCC2(CC1)CN(Cc1ccc(Cl)cc1Cl)C(=O)N2Cc1ccc(C(=O)NC2=NNNN2)cc1. The van der Waals surface area contributed by atoms with Crippen molar-refractivity contribution in [1.82, 2.24) is 31.6 Å². The second-order valence-corrected chi connectivity index (χ2v) is 12.6. The van der Waals surface area contributed by atoms with Crippen LogP contribution in [0.4, 0.5) is 4.79 Å². The molecule has 41 heavy (non-hydrogen) atoms. The zero-order chi connectivity index (χ0) is 29.8. The standard InChI is InChI=1S/C28H35Cl2N7O2.C2H6/c1-27(2,3)21-10-12-28(13-11-21)17-36(16-20-8-9-22(29)14-23(20)30)26(39)37(28)15-18-4-6-19(7-5-18)24(38)31-25-32-34-35-33-25;1-2/h4-9,14,21,34-35H,10-13,15-17H2,1-3H3,(H2,31,32,33,38);1-2H3. The molecule has 2 aromatic carbocycles. The number of hydrazine groups is 2. The maximum absolute atomic E-state index is 13.9. The van der Waals surface area contributed by atoms with E-state index in [4.69, 9.17) is 23.2 Å². The van der Waals surface area contributed by atoms with Crippen molar-refractivity contribution in [3.05, 3.63) is 69.2 Å². The van der Waals surface area contributed by atoms with Crippen LogP contribution in [0.3, 0.4) is 0 Å². The van der Waals surface area contributed by atoms with E-state index in [0.29, 0.717) is 47.1 Å². The topological polar surface area (TPSA) is 101 Å². The smallest absolute Gasteiger partial charge is 0.318 e. The first-order valence-electron chi connectivity index (χ1n) is 14.3. The Morgan fingerprint density at radius 3 is 2.34 bits per heavy atom. The van der Waals surface area contributed by atoms with Crippen molar-refractivity contribution in [2.24, 2.45) is 16.4 Å². The van der Waals surface area contributed by atoms with E-state index in [1.165, 1.54) is 0 Å². The van der Waals surface area contributed by atoms with Crippen LogP contribution < -0.4 is 21.8 Å². The predicted molar refractivity (Wildman–Crippen MR) is 164 cm³/mol. The Hall–Kier alpha value is -3.01. The molecule has 0 bridgehead atoms. The molecule has 1 aliphatic carbocycles. The number of hydrazone groups is 1. The van der Waals surface area contributed by atoms with Crippen molar-refractivity contribution in [1.29, 1.82) is 0 Å². The van der Waals surface area contributed by atoms with E-state index in [0.717, 1.165) is 36.8 Å². The fourth-order valence-corrected chi connectivity index (χ4v) is 6.40. The van der Waals surface area contributed by atoms with Gasteiger partial charge in [-0.2, -0.15) is 0 Å². The van der Waals surface area contributed by atoms with Crippen LogP contribution in [0.1, 0.15) is 81.8 Å². The molecule has 1 saturated heterocycles. The normalized spacial score (nSPS) is 22.1. The third-order valence-electron chi connectivity index (χ3n) is 8.27. The molecule has 2 heterocycles. The van der Waals surface area contributed by atoms with E-state index in [9.17, 15) is 9.59 Å². The lowest BCUT2D eigenvalue weighted by Gasteiger charge is -2.45. The minimum atomic E-state index is -0.279. The number of urea groups is 1. The average Bonchev–Trinajstić information content (AvgIpc) is 3.54. The Morgan fingerprint density at radius 1 is 1.07 bits per heavy atom. The third-order valence-corrected chi connectivity index (χ3v) is 8.86. The molecule has 3 amide bonds. The Labute approximate surface area is 253 Å². The molecule has 2 fully saturated rings. The molecular weight excluding hydrogens is 561 g/mol. The summed E-state index contributed by atoms with van der Waals surface area (Å²) in [6.45, 7) is 12.5. The first-order chi connectivity index (χ1) is 19.5. The Morgan fingerprint density at radius 2 is 1.76 bits per heavy atom. The van der Waals surface area contributed by atoms with E-state index in [1.54, 1.807) is 18.2 Å². The summed E-state index contributed by atoms with van der Waals surface area (Å²) in [6.07, 6.45) is 4.10. The molecule has 0 unspecified atom stereocenters. The van der Waals surface area contributed by atoms with Crippen LogP contribution in [0, 0.1) is 11.3 Å². The number of carbonyl (C=O) groups is 2. The highest BCUT2D eigenvalue weighted by atomic mass is 35.5. The third kappa shape index (κ3) is 7.08. The summed E-state index contributed by atoms with van der Waals surface area (Å²) >= 11 is 12.6. The lowest BCUT2D eigenvalue weighted by molar-refractivity contribution is 0.0616. The molecule has 0 aromatic heterocycles. The van der Waals surface area contributed by atoms with Gasteiger partial charge in [-0.3, -0.25) is 15.5 Å². The van der Waals surface area contributed by atoms with Gasteiger partial charge in [0.05, 0.1) is 5.54 Å². The van der Waals surface area contributed by atoms with E-state index in [1.807, 2.05) is 43.0 Å². The van der Waals surface area contributed by atoms with Crippen molar-refractivity contribution >= 4 is 41.1 Å². The summed E-state index contributed by atoms with van der Waals surface area (Å²) in [7, 11) is 0. The number of amides is 3. The minimum absolute atomic E-state index is 0.0161. The van der Waals surface area contributed by atoms with Crippen molar-refractivity contribution in [2.75, 3.05) is 6.54 Å². The van der Waals surface area contributed by atoms with Gasteiger partial charge in [0.1, 0.15) is 0 Å². The fraction of sp³-hybridized carbons (Fsp3) is 0.500. The zero-order valence-electron chi connectivity index (χ0n) is 24.5. The second-order valence-electron chi connectivity index (χ2n) is 11.8. The minimum Gasteiger partial charge on any atom is -0.318 e. The van der Waals surface area contributed by atoms with Gasteiger partial charge in [-0.25, -0.2) is 10.3 Å². The van der Waals surface area contributed by atoms with Crippen molar-refractivity contribution in [3.63, 3.8) is 0 Å². The molecule has 2 aliphatic heterocycles. The van der Waals surface area contributed by atoms with Crippen LogP contribution in [-0.4, -0.2) is 39.8 Å². The molecule has 4 N–H and O–H groups in total. The Kier molecular flexibility index (Phi) is 9.72. The molecule has 0 atom stereocenters. The van der Waals surface area contributed by atoms with Gasteiger partial charge in [0.15, 0.2) is 0 Å². The van der Waals surface area contributed by atoms with Crippen molar-refractivity contribution in [3.8, 4) is 0 Å². The van der Waals surface area contributed by atoms with Crippen LogP contribution in [0.15, 0.2) is 47.6 Å². The number of hydrogen-bond acceptors (Lipinski definition) is 6. The molecule has 5 rings (SSSR count). The first-order valence-corrected chi connectivity index (χ1v) is 15.0. The zero-order valence-corrected chi connectivity index (χ0v) is 26.0. The number of benzene rings is 2. The van der Waals surface area contributed by atoms with E-state index >= 15 is 0 Å². The molecular formula is C30H41Cl2N7O2. The molecule has 3 aliphatic rings. The lowest BCUT2D eigenvalue weighted by Crippen LogP contribution is -2.50. The summed E-state index contributed by atoms with van der Waals surface area (Å²) in [4.78, 5) is 30.4. The van der Waals surface area contributed by atoms with E-state index < -0.39 is 0 Å². The first kappa shape index (κ1) is 30.9. The number of carbonyl (C=O) groups excluding carboxylic acids is 2. The van der Waals surface area contributed by atoms with Crippen molar-refractivity contribution in [2.45, 2.75) is 78.9 Å². The molecule has 1 spiro atoms. The quantitative estimate of drug-likeness (QED) is 0.334. The highest BCUT2D eigenvalue weighted by Gasteiger charge is 2.51. The van der Waals surface area contributed by atoms with Crippen LogP contribution in [-0.2, 0) is 13.1 Å². The number of nitrogens with zero attached hydrogens (tertiary/aromatic N) is 3. The molecule has 2 aromatic rings. The Balaban J connectivity index is 0.00000189. The summed E-state index contributed by atoms with van der Waals surface area (Å²) in [5, 5.41) is 7.68. The average molecular weight is 603 g/mol.